The number of alkyl halides is 1. The first-order valence-corrected chi connectivity index (χ1v) is 13.7. The third kappa shape index (κ3) is 6.57. The summed E-state index contributed by atoms with van der Waals surface area (Å²) in [4.78, 5) is 2.48. The monoisotopic (exact) mass is 491 g/mol. The Hall–Kier alpha value is -1.93. The van der Waals surface area contributed by atoms with Crippen LogP contribution in [0.15, 0.2) is 54.7 Å². The molecule has 33 heavy (non-hydrogen) atoms. The standard InChI is InChI=1S/C25H31ClFN3O2S/c26-12-1-17-33(31,32)28-19-21-2-5-22-9-16-30(25(22)18-21)24-10-14-29(15-11-24)13-8-20-3-6-23(27)7-4-20/h2-7,9,16,18,24,28H,1,8,10-15,17,19H2. The van der Waals surface area contributed by atoms with Crippen LogP contribution in [0.2, 0.25) is 0 Å². The molecule has 0 amide bonds. The predicted octanol–water partition coefficient (Wildman–Crippen LogP) is 4.71. The Morgan fingerprint density at radius 1 is 1.03 bits per heavy atom. The van der Waals surface area contributed by atoms with Crippen LogP contribution in [-0.2, 0) is 23.0 Å². The van der Waals surface area contributed by atoms with E-state index in [0.29, 0.717) is 18.3 Å². The van der Waals surface area contributed by atoms with Crippen LogP contribution in [0.25, 0.3) is 10.9 Å². The van der Waals surface area contributed by atoms with Gasteiger partial charge in [-0.2, -0.15) is 0 Å². The molecule has 0 bridgehead atoms. The number of sulfonamides is 1. The van der Waals surface area contributed by atoms with Crippen molar-refractivity contribution in [2.24, 2.45) is 0 Å². The van der Waals surface area contributed by atoms with Crippen LogP contribution in [-0.4, -0.2) is 49.2 Å². The average Bonchev–Trinajstić information content (AvgIpc) is 3.25. The van der Waals surface area contributed by atoms with Gasteiger partial charge in [0, 0.05) is 49.8 Å². The molecule has 1 aliphatic rings. The molecule has 1 N–H and O–H groups in total. The number of aromatic nitrogens is 1. The minimum atomic E-state index is -3.31. The van der Waals surface area contributed by atoms with E-state index in [9.17, 15) is 12.8 Å². The van der Waals surface area contributed by atoms with Crippen molar-refractivity contribution >= 4 is 32.5 Å². The molecule has 2 aromatic carbocycles. The van der Waals surface area contributed by atoms with Crippen LogP contribution in [0.3, 0.4) is 0 Å². The topological polar surface area (TPSA) is 54.3 Å². The number of likely N-dealkylation sites (tertiary alicyclic amines) is 1. The lowest BCUT2D eigenvalue weighted by Gasteiger charge is -2.33. The summed E-state index contributed by atoms with van der Waals surface area (Å²) in [5.41, 5.74) is 3.27. The van der Waals surface area contributed by atoms with Gasteiger partial charge in [0.1, 0.15) is 5.82 Å². The molecule has 2 heterocycles. The molecule has 5 nitrogen and oxygen atoms in total. The molecule has 1 saturated heterocycles. The van der Waals surface area contributed by atoms with Crippen LogP contribution < -0.4 is 4.72 Å². The maximum atomic E-state index is 13.1. The molecule has 0 atom stereocenters. The quantitative estimate of drug-likeness (QED) is 0.418. The third-order valence-corrected chi connectivity index (χ3v) is 8.09. The zero-order valence-electron chi connectivity index (χ0n) is 18.7. The number of benzene rings is 2. The third-order valence-electron chi connectivity index (χ3n) is 6.41. The predicted molar refractivity (Wildman–Crippen MR) is 133 cm³/mol. The van der Waals surface area contributed by atoms with E-state index in [-0.39, 0.29) is 18.1 Å². The summed E-state index contributed by atoms with van der Waals surface area (Å²) < 4.78 is 42.3. The molecule has 0 unspecified atom stereocenters. The van der Waals surface area contributed by atoms with Crippen molar-refractivity contribution in [2.45, 2.75) is 38.3 Å². The SMILES string of the molecule is O=S(=O)(CCCCl)NCc1ccc2ccn(C3CCN(CCc4ccc(F)cc4)CC3)c2c1. The number of piperidine rings is 1. The fourth-order valence-electron chi connectivity index (χ4n) is 4.49. The number of nitrogens with zero attached hydrogens (tertiary/aromatic N) is 2. The van der Waals surface area contributed by atoms with E-state index in [2.05, 4.69) is 38.6 Å². The zero-order chi connectivity index (χ0) is 23.3. The molecule has 0 radical (unpaired) electrons. The van der Waals surface area contributed by atoms with Crippen molar-refractivity contribution in [3.63, 3.8) is 0 Å². The number of hydrogen-bond donors (Lipinski definition) is 1. The Morgan fingerprint density at radius 3 is 2.48 bits per heavy atom. The largest absolute Gasteiger partial charge is 0.344 e. The van der Waals surface area contributed by atoms with Crippen LogP contribution in [0.5, 0.6) is 0 Å². The second-order valence-corrected chi connectivity index (χ2v) is 11.1. The molecule has 0 aliphatic carbocycles. The summed E-state index contributed by atoms with van der Waals surface area (Å²) in [5, 5.41) is 1.17. The molecule has 1 fully saturated rings. The highest BCUT2D eigenvalue weighted by atomic mass is 35.5. The molecule has 1 aliphatic heterocycles. The lowest BCUT2D eigenvalue weighted by molar-refractivity contribution is 0.190. The minimum absolute atomic E-state index is 0.0505. The second-order valence-electron chi connectivity index (χ2n) is 8.75. The highest BCUT2D eigenvalue weighted by molar-refractivity contribution is 7.89. The maximum absolute atomic E-state index is 13.1. The Kier molecular flexibility index (Phi) is 8.07. The molecular formula is C25H31ClFN3O2S. The van der Waals surface area contributed by atoms with Gasteiger partial charge >= 0.3 is 0 Å². The maximum Gasteiger partial charge on any atom is 0.211 e. The van der Waals surface area contributed by atoms with E-state index in [1.165, 1.54) is 23.1 Å². The summed E-state index contributed by atoms with van der Waals surface area (Å²) in [5.74, 6) is 0.200. The van der Waals surface area contributed by atoms with Gasteiger partial charge in [0.25, 0.3) is 0 Å². The van der Waals surface area contributed by atoms with E-state index >= 15 is 0 Å². The van der Waals surface area contributed by atoms with E-state index in [1.54, 1.807) is 0 Å². The highest BCUT2D eigenvalue weighted by Crippen LogP contribution is 2.28. The molecule has 4 rings (SSSR count). The molecule has 1 aromatic heterocycles. The van der Waals surface area contributed by atoms with E-state index in [0.717, 1.165) is 50.0 Å². The van der Waals surface area contributed by atoms with Gasteiger partial charge in [0.15, 0.2) is 0 Å². The number of hydrogen-bond acceptors (Lipinski definition) is 3. The normalized spacial score (nSPS) is 15.9. The molecule has 3 aromatic rings. The fourth-order valence-corrected chi connectivity index (χ4v) is 5.84. The molecule has 8 heteroatoms. The first kappa shape index (κ1) is 24.2. The van der Waals surface area contributed by atoms with Crippen molar-refractivity contribution in [3.05, 3.63) is 71.7 Å². The van der Waals surface area contributed by atoms with Crippen LogP contribution in [0.4, 0.5) is 4.39 Å². The van der Waals surface area contributed by atoms with Crippen molar-refractivity contribution in [1.82, 2.24) is 14.2 Å². The van der Waals surface area contributed by atoms with Gasteiger partial charge in [-0.15, -0.1) is 11.6 Å². The van der Waals surface area contributed by atoms with Crippen molar-refractivity contribution in [2.75, 3.05) is 31.3 Å². The summed E-state index contributed by atoms with van der Waals surface area (Å²) in [6.07, 6.45) is 5.67. The number of fused-ring (bicyclic) bond motifs is 1. The van der Waals surface area contributed by atoms with Crippen molar-refractivity contribution in [1.29, 1.82) is 0 Å². The number of halogens is 2. The smallest absolute Gasteiger partial charge is 0.211 e. The molecule has 0 spiro atoms. The minimum Gasteiger partial charge on any atom is -0.344 e. The van der Waals surface area contributed by atoms with Crippen LogP contribution in [0, 0.1) is 5.82 Å². The first-order chi connectivity index (χ1) is 15.9. The van der Waals surface area contributed by atoms with Gasteiger partial charge in [-0.05, 0) is 66.5 Å². The number of nitrogens with one attached hydrogen (secondary N) is 1. The summed E-state index contributed by atoms with van der Waals surface area (Å²) in [6.45, 7) is 3.34. The van der Waals surface area contributed by atoms with E-state index in [1.807, 2.05) is 18.2 Å². The van der Waals surface area contributed by atoms with Gasteiger partial charge < -0.3 is 9.47 Å². The van der Waals surface area contributed by atoms with Gasteiger partial charge in [-0.25, -0.2) is 17.5 Å². The first-order valence-electron chi connectivity index (χ1n) is 11.5. The van der Waals surface area contributed by atoms with Gasteiger partial charge in [0.2, 0.25) is 10.0 Å². The summed E-state index contributed by atoms with van der Waals surface area (Å²) in [7, 11) is -3.31. The molecular weight excluding hydrogens is 461 g/mol. The lowest BCUT2D eigenvalue weighted by Crippen LogP contribution is -2.35. The van der Waals surface area contributed by atoms with Crippen LogP contribution >= 0.6 is 11.6 Å². The number of rotatable bonds is 10. The van der Waals surface area contributed by atoms with E-state index in [4.69, 9.17) is 11.6 Å². The molecule has 178 valence electrons. The fraction of sp³-hybridized carbons (Fsp3) is 0.440. The van der Waals surface area contributed by atoms with E-state index < -0.39 is 10.0 Å². The van der Waals surface area contributed by atoms with Crippen LogP contribution in [0.1, 0.15) is 36.4 Å². The Bertz CT molecular complexity index is 1160. The summed E-state index contributed by atoms with van der Waals surface area (Å²) in [6, 6.07) is 15.5. The highest BCUT2D eigenvalue weighted by Gasteiger charge is 2.21. The molecule has 0 saturated carbocycles. The Labute approximate surface area is 200 Å². The average molecular weight is 492 g/mol. The zero-order valence-corrected chi connectivity index (χ0v) is 20.3. The van der Waals surface area contributed by atoms with Gasteiger partial charge in [-0.1, -0.05) is 24.3 Å². The Balaban J connectivity index is 1.34. The van der Waals surface area contributed by atoms with Gasteiger partial charge in [0.05, 0.1) is 5.75 Å². The summed E-state index contributed by atoms with van der Waals surface area (Å²) >= 11 is 5.62. The lowest BCUT2D eigenvalue weighted by atomic mass is 10.0. The van der Waals surface area contributed by atoms with Crippen molar-refractivity contribution in [3.8, 4) is 0 Å². The van der Waals surface area contributed by atoms with Gasteiger partial charge in [-0.3, -0.25) is 0 Å². The Morgan fingerprint density at radius 2 is 1.76 bits per heavy atom. The van der Waals surface area contributed by atoms with Crippen molar-refractivity contribution < 1.29 is 12.8 Å². The second kappa shape index (κ2) is 11.0.